The fourth-order valence-corrected chi connectivity index (χ4v) is 5.74. The molecule has 5 N–H and O–H groups in total. The number of rotatable bonds is 7. The monoisotopic (exact) mass is 645 g/mol. The second-order valence-corrected chi connectivity index (χ2v) is 11.8. The third-order valence-corrected chi connectivity index (χ3v) is 8.07. The van der Waals surface area contributed by atoms with Crippen molar-refractivity contribution in [2.24, 2.45) is 11.7 Å². The van der Waals surface area contributed by atoms with E-state index in [1.54, 1.807) is 5.38 Å². The molecular formula is C30H40ClN7O5S. The quantitative estimate of drug-likeness (QED) is 0.303. The maximum absolute atomic E-state index is 13.4. The van der Waals surface area contributed by atoms with Crippen molar-refractivity contribution >= 4 is 47.4 Å². The SMILES string of the molecule is CCCC[C@H](N)C(=O)N1CCNC(=O)c2coc(n2)[C@H](Cc2ccccc2)NC(=O)c2csc(n2)[C@H](C(C)C)NC(=O)C1.Cl. The van der Waals surface area contributed by atoms with Crippen molar-refractivity contribution in [1.29, 1.82) is 0 Å². The van der Waals surface area contributed by atoms with Gasteiger partial charge in [0.1, 0.15) is 23.0 Å². The molecule has 3 heterocycles. The lowest BCUT2D eigenvalue weighted by Crippen LogP contribution is -2.50. The number of hydrogen-bond acceptors (Lipinski definition) is 9. The van der Waals surface area contributed by atoms with E-state index in [-0.39, 0.29) is 61.1 Å². The van der Waals surface area contributed by atoms with Gasteiger partial charge >= 0.3 is 0 Å². The third-order valence-electron chi connectivity index (χ3n) is 7.14. The fourth-order valence-electron chi connectivity index (χ4n) is 4.72. The van der Waals surface area contributed by atoms with Gasteiger partial charge in [0.2, 0.25) is 17.7 Å². The van der Waals surface area contributed by atoms with E-state index in [0.717, 1.165) is 18.4 Å². The van der Waals surface area contributed by atoms with Crippen molar-refractivity contribution in [2.75, 3.05) is 19.6 Å². The van der Waals surface area contributed by atoms with Crippen molar-refractivity contribution < 1.29 is 23.6 Å². The first-order valence-electron chi connectivity index (χ1n) is 14.5. The molecule has 0 saturated heterocycles. The molecule has 0 unspecified atom stereocenters. The van der Waals surface area contributed by atoms with E-state index < -0.39 is 35.8 Å². The van der Waals surface area contributed by atoms with E-state index in [0.29, 0.717) is 17.8 Å². The number of unbranched alkanes of at least 4 members (excludes halogenated alkanes) is 1. The number of thiazole rings is 1. The lowest BCUT2D eigenvalue weighted by atomic mass is 10.0. The molecule has 1 aliphatic heterocycles. The summed E-state index contributed by atoms with van der Waals surface area (Å²) in [6.45, 7) is 5.78. The van der Waals surface area contributed by atoms with Crippen LogP contribution in [0.1, 0.15) is 89.6 Å². The number of hydrogen-bond donors (Lipinski definition) is 4. The van der Waals surface area contributed by atoms with Gasteiger partial charge in [-0.05, 0) is 17.9 Å². The number of aromatic nitrogens is 2. The lowest BCUT2D eigenvalue weighted by molar-refractivity contribution is -0.137. The number of nitrogens with zero attached hydrogens (tertiary/aromatic N) is 3. The van der Waals surface area contributed by atoms with Crippen molar-refractivity contribution in [3.8, 4) is 0 Å². The van der Waals surface area contributed by atoms with Crippen LogP contribution in [0.2, 0.25) is 0 Å². The summed E-state index contributed by atoms with van der Waals surface area (Å²) in [6, 6.07) is 7.60. The van der Waals surface area contributed by atoms with E-state index in [2.05, 4.69) is 25.9 Å². The van der Waals surface area contributed by atoms with Crippen LogP contribution in [-0.2, 0) is 16.0 Å². The predicted molar refractivity (Wildman–Crippen MR) is 168 cm³/mol. The van der Waals surface area contributed by atoms with E-state index in [4.69, 9.17) is 10.2 Å². The normalized spacial score (nSPS) is 18.8. The van der Waals surface area contributed by atoms with Crippen LogP contribution in [0.25, 0.3) is 0 Å². The molecule has 14 heteroatoms. The van der Waals surface area contributed by atoms with Gasteiger partial charge < -0.3 is 31.0 Å². The summed E-state index contributed by atoms with van der Waals surface area (Å²) in [5, 5.41) is 10.9. The van der Waals surface area contributed by atoms with E-state index in [9.17, 15) is 19.2 Å². The first-order chi connectivity index (χ1) is 20.7. The summed E-state index contributed by atoms with van der Waals surface area (Å²) in [4.78, 5) is 63.0. The van der Waals surface area contributed by atoms with Crippen LogP contribution < -0.4 is 21.7 Å². The molecule has 0 aliphatic carbocycles. The number of halogens is 1. The van der Waals surface area contributed by atoms with Crippen molar-refractivity contribution in [1.82, 2.24) is 30.8 Å². The molecule has 3 atom stereocenters. The Bertz CT molecular complexity index is 1410. The predicted octanol–water partition coefficient (Wildman–Crippen LogP) is 3.17. The standard InChI is InChI=1S/C30H39N7O5S.ClH/c1-4-5-11-20(31)30(41)37-13-12-32-26(39)22-16-42-28(34-22)21(14-19-9-7-6-8-10-19)33-27(40)23-17-43-29(35-23)25(18(2)3)36-24(38)15-37;/h6-10,16-18,20-21,25H,4-5,11-15,31H2,1-3H3,(H,32,39)(H,33,40)(H,36,38);1H/t20-,21-,25-;/m0./s1. The minimum atomic E-state index is -0.762. The Morgan fingerprint density at radius 3 is 2.57 bits per heavy atom. The first-order valence-corrected chi connectivity index (χ1v) is 15.4. The Labute approximate surface area is 267 Å². The lowest BCUT2D eigenvalue weighted by Gasteiger charge is -2.27. The maximum atomic E-state index is 13.4. The highest BCUT2D eigenvalue weighted by Gasteiger charge is 2.29. The van der Waals surface area contributed by atoms with Gasteiger partial charge in [0, 0.05) is 24.9 Å². The number of carbonyl (C=O) groups is 4. The first kappa shape index (κ1) is 34.7. The summed E-state index contributed by atoms with van der Waals surface area (Å²) >= 11 is 1.27. The summed E-state index contributed by atoms with van der Waals surface area (Å²) in [6.07, 6.45) is 3.75. The van der Waals surface area contributed by atoms with E-state index in [1.807, 2.05) is 51.1 Å². The van der Waals surface area contributed by atoms with Gasteiger partial charge in [0.15, 0.2) is 5.69 Å². The Morgan fingerprint density at radius 1 is 1.11 bits per heavy atom. The highest BCUT2D eigenvalue weighted by molar-refractivity contribution is 7.09. The molecule has 0 spiro atoms. The maximum Gasteiger partial charge on any atom is 0.273 e. The third kappa shape index (κ3) is 9.10. The second-order valence-electron chi connectivity index (χ2n) is 10.9. The number of benzene rings is 1. The van der Waals surface area contributed by atoms with Crippen LogP contribution in [0.15, 0.2) is 46.4 Å². The molecule has 4 rings (SSSR count). The highest BCUT2D eigenvalue weighted by atomic mass is 35.5. The van der Waals surface area contributed by atoms with Crippen molar-refractivity contribution in [3.63, 3.8) is 0 Å². The summed E-state index contributed by atoms with van der Waals surface area (Å²) in [5.74, 6) is -1.60. The summed E-state index contributed by atoms with van der Waals surface area (Å²) in [7, 11) is 0. The zero-order chi connectivity index (χ0) is 30.9. The van der Waals surface area contributed by atoms with Crippen molar-refractivity contribution in [2.45, 2.75) is 64.6 Å². The molecule has 0 radical (unpaired) electrons. The molecule has 3 aromatic rings. The van der Waals surface area contributed by atoms with Crippen molar-refractivity contribution in [3.05, 3.63) is 69.8 Å². The molecular weight excluding hydrogens is 606 g/mol. The molecule has 4 bridgehead atoms. The van der Waals surface area contributed by atoms with Crippen LogP contribution in [0.4, 0.5) is 0 Å². The molecule has 0 saturated carbocycles. The second kappa shape index (κ2) is 16.3. The largest absolute Gasteiger partial charge is 0.446 e. The molecule has 1 aliphatic rings. The Kier molecular flexibility index (Phi) is 12.9. The Morgan fingerprint density at radius 2 is 1.86 bits per heavy atom. The summed E-state index contributed by atoms with van der Waals surface area (Å²) < 4.78 is 5.67. The topological polar surface area (TPSA) is 173 Å². The number of nitrogens with two attached hydrogens (primary N) is 1. The fraction of sp³-hybridized carbons (Fsp3) is 0.467. The van der Waals surface area contributed by atoms with Gasteiger partial charge in [-0.3, -0.25) is 19.2 Å². The molecule has 0 fully saturated rings. The van der Waals surface area contributed by atoms with Gasteiger partial charge in [-0.2, -0.15) is 0 Å². The van der Waals surface area contributed by atoms with E-state index >= 15 is 0 Å². The van der Waals surface area contributed by atoms with E-state index in [1.165, 1.54) is 22.5 Å². The average molecular weight is 646 g/mol. The molecule has 12 nitrogen and oxygen atoms in total. The molecule has 4 amide bonds. The molecule has 44 heavy (non-hydrogen) atoms. The van der Waals surface area contributed by atoms with Gasteiger partial charge in [0.25, 0.3) is 11.8 Å². The number of carbonyl (C=O) groups excluding carboxylic acids is 4. The van der Waals surface area contributed by atoms with Crippen LogP contribution in [-0.4, -0.2) is 64.2 Å². The smallest absolute Gasteiger partial charge is 0.273 e. The molecule has 1 aromatic carbocycles. The molecule has 238 valence electrons. The van der Waals surface area contributed by atoms with Gasteiger partial charge in [-0.25, -0.2) is 9.97 Å². The molecule has 2 aromatic heterocycles. The number of fused-ring (bicyclic) bond motifs is 4. The number of oxazole rings is 1. The highest BCUT2D eigenvalue weighted by Crippen LogP contribution is 2.26. The van der Waals surface area contributed by atoms with Gasteiger partial charge in [-0.15, -0.1) is 23.7 Å². The minimum Gasteiger partial charge on any atom is -0.446 e. The van der Waals surface area contributed by atoms with Crippen LogP contribution in [0.5, 0.6) is 0 Å². The Balaban J connectivity index is 0.00000529. The Hall–Kier alpha value is -3.81. The number of nitrogens with one attached hydrogen (secondary N) is 3. The van der Waals surface area contributed by atoms with Crippen LogP contribution in [0, 0.1) is 5.92 Å². The average Bonchev–Trinajstić information content (AvgIpc) is 3.68. The van der Waals surface area contributed by atoms with Crippen LogP contribution >= 0.6 is 23.7 Å². The summed E-state index contributed by atoms with van der Waals surface area (Å²) in [5.41, 5.74) is 7.31. The number of amides is 4. The van der Waals surface area contributed by atoms with Gasteiger partial charge in [-0.1, -0.05) is 63.9 Å². The zero-order valence-corrected chi connectivity index (χ0v) is 26.7. The van der Waals surface area contributed by atoms with Crippen LogP contribution in [0.3, 0.4) is 0 Å². The minimum absolute atomic E-state index is 0. The zero-order valence-electron chi connectivity index (χ0n) is 25.1. The van der Waals surface area contributed by atoms with Gasteiger partial charge in [0.05, 0.1) is 18.6 Å².